The van der Waals surface area contributed by atoms with E-state index in [0.29, 0.717) is 23.7 Å². The average Bonchev–Trinajstić information content (AvgIpc) is 2.48. The molecule has 0 aromatic carbocycles. The molecule has 4 nitrogen and oxygen atoms in total. The van der Waals surface area contributed by atoms with Crippen molar-refractivity contribution in [2.24, 2.45) is 11.8 Å². The van der Waals surface area contributed by atoms with Crippen molar-refractivity contribution in [2.45, 2.75) is 46.0 Å². The van der Waals surface area contributed by atoms with E-state index in [9.17, 15) is 10.1 Å². The van der Waals surface area contributed by atoms with Crippen molar-refractivity contribution < 1.29 is 9.53 Å². The summed E-state index contributed by atoms with van der Waals surface area (Å²) in [7, 11) is 0. The number of carbonyl (C=O) groups excluding carboxylic acids is 1. The van der Waals surface area contributed by atoms with Gasteiger partial charge in [0, 0.05) is 17.8 Å². The Labute approximate surface area is 120 Å². The number of nitrogens with one attached hydrogen (secondary N) is 1. The highest BCUT2D eigenvalue weighted by atomic mass is 16.5. The van der Waals surface area contributed by atoms with Crippen LogP contribution in [0.3, 0.4) is 0 Å². The van der Waals surface area contributed by atoms with E-state index < -0.39 is 0 Å². The lowest BCUT2D eigenvalue weighted by molar-refractivity contribution is -0.139. The number of hydrogen-bond donors (Lipinski definition) is 1. The number of allylic oxidation sites excluding steroid dienone is 2. The third-order valence-electron chi connectivity index (χ3n) is 4.25. The SMILES string of the molecule is CCOC(=O)C1=CNC(C)=C(C#N)C1C1CCCCC1. The molecule has 0 bridgehead atoms. The molecule has 1 saturated carbocycles. The third-order valence-corrected chi connectivity index (χ3v) is 4.25. The van der Waals surface area contributed by atoms with E-state index in [1.54, 1.807) is 13.1 Å². The Hall–Kier alpha value is -1.76. The normalized spacial score (nSPS) is 23.6. The van der Waals surface area contributed by atoms with Gasteiger partial charge < -0.3 is 10.1 Å². The van der Waals surface area contributed by atoms with Gasteiger partial charge in [-0.05, 0) is 32.6 Å². The van der Waals surface area contributed by atoms with Gasteiger partial charge in [-0.2, -0.15) is 5.26 Å². The summed E-state index contributed by atoms with van der Waals surface area (Å²) in [5.41, 5.74) is 2.17. The molecule has 1 atom stereocenters. The van der Waals surface area contributed by atoms with Crippen LogP contribution in [0, 0.1) is 23.2 Å². The van der Waals surface area contributed by atoms with Crippen LogP contribution in [0.5, 0.6) is 0 Å². The van der Waals surface area contributed by atoms with E-state index in [-0.39, 0.29) is 11.9 Å². The minimum atomic E-state index is -0.296. The molecule has 1 N–H and O–H groups in total. The largest absolute Gasteiger partial charge is 0.463 e. The van der Waals surface area contributed by atoms with Crippen LogP contribution in [0.15, 0.2) is 23.0 Å². The van der Waals surface area contributed by atoms with Crippen LogP contribution in [-0.2, 0) is 9.53 Å². The molecule has 2 rings (SSSR count). The maximum absolute atomic E-state index is 12.2. The van der Waals surface area contributed by atoms with Gasteiger partial charge in [-0.3, -0.25) is 0 Å². The molecule has 1 aliphatic carbocycles. The van der Waals surface area contributed by atoms with E-state index >= 15 is 0 Å². The van der Waals surface area contributed by atoms with Gasteiger partial charge in [0.05, 0.1) is 23.8 Å². The number of nitrogens with zero attached hydrogens (tertiary/aromatic N) is 1. The monoisotopic (exact) mass is 274 g/mol. The van der Waals surface area contributed by atoms with E-state index in [0.717, 1.165) is 18.5 Å². The Morgan fingerprint density at radius 3 is 2.75 bits per heavy atom. The second-order valence-corrected chi connectivity index (χ2v) is 5.49. The highest BCUT2D eigenvalue weighted by molar-refractivity contribution is 5.90. The molecule has 20 heavy (non-hydrogen) atoms. The topological polar surface area (TPSA) is 62.1 Å². The van der Waals surface area contributed by atoms with E-state index in [1.807, 2.05) is 6.92 Å². The maximum atomic E-state index is 12.2. The lowest BCUT2D eigenvalue weighted by Crippen LogP contribution is -2.32. The van der Waals surface area contributed by atoms with E-state index in [4.69, 9.17) is 4.74 Å². The van der Waals surface area contributed by atoms with Crippen molar-refractivity contribution in [1.82, 2.24) is 5.32 Å². The Morgan fingerprint density at radius 2 is 2.15 bits per heavy atom. The lowest BCUT2D eigenvalue weighted by Gasteiger charge is -2.33. The second kappa shape index (κ2) is 6.60. The number of esters is 1. The number of nitriles is 1. The predicted octanol–water partition coefficient (Wildman–Crippen LogP) is 3.03. The van der Waals surface area contributed by atoms with Crippen LogP contribution >= 0.6 is 0 Å². The van der Waals surface area contributed by atoms with Gasteiger partial charge in [0.25, 0.3) is 0 Å². The van der Waals surface area contributed by atoms with Crippen LogP contribution in [0.2, 0.25) is 0 Å². The molecule has 0 spiro atoms. The molecular weight excluding hydrogens is 252 g/mol. The molecule has 0 saturated heterocycles. The Bertz CT molecular complexity index is 479. The molecule has 0 aromatic heterocycles. The zero-order valence-electron chi connectivity index (χ0n) is 12.2. The Kier molecular flexibility index (Phi) is 4.84. The van der Waals surface area contributed by atoms with E-state index in [2.05, 4.69) is 11.4 Å². The smallest absolute Gasteiger partial charge is 0.336 e. The number of carbonyl (C=O) groups is 1. The first kappa shape index (κ1) is 14.6. The fraction of sp³-hybridized carbons (Fsp3) is 0.625. The lowest BCUT2D eigenvalue weighted by atomic mass is 9.72. The van der Waals surface area contributed by atoms with Crippen LogP contribution in [-0.4, -0.2) is 12.6 Å². The van der Waals surface area contributed by atoms with Crippen LogP contribution < -0.4 is 5.32 Å². The second-order valence-electron chi connectivity index (χ2n) is 5.49. The van der Waals surface area contributed by atoms with E-state index in [1.165, 1.54) is 19.3 Å². The van der Waals surface area contributed by atoms with Gasteiger partial charge in [0.1, 0.15) is 0 Å². The van der Waals surface area contributed by atoms with Gasteiger partial charge in [-0.25, -0.2) is 4.79 Å². The van der Waals surface area contributed by atoms with Crippen LogP contribution in [0.25, 0.3) is 0 Å². The first-order valence-corrected chi connectivity index (χ1v) is 7.43. The number of dihydropyridines is 1. The van der Waals surface area contributed by atoms with Gasteiger partial charge in [0.15, 0.2) is 0 Å². The van der Waals surface area contributed by atoms with Crippen molar-refractivity contribution in [1.29, 1.82) is 5.26 Å². The Morgan fingerprint density at radius 1 is 1.45 bits per heavy atom. The zero-order valence-corrected chi connectivity index (χ0v) is 12.2. The first-order valence-electron chi connectivity index (χ1n) is 7.43. The van der Waals surface area contributed by atoms with Crippen LogP contribution in [0.4, 0.5) is 0 Å². The van der Waals surface area contributed by atoms with Crippen molar-refractivity contribution in [3.8, 4) is 6.07 Å². The quantitative estimate of drug-likeness (QED) is 0.803. The molecule has 1 aliphatic heterocycles. The van der Waals surface area contributed by atoms with Crippen molar-refractivity contribution in [2.75, 3.05) is 6.61 Å². The van der Waals surface area contributed by atoms with Crippen molar-refractivity contribution in [3.05, 3.63) is 23.0 Å². The molecule has 1 fully saturated rings. The predicted molar refractivity (Wildman–Crippen MR) is 76.2 cm³/mol. The van der Waals surface area contributed by atoms with Gasteiger partial charge >= 0.3 is 5.97 Å². The molecule has 0 aromatic rings. The molecular formula is C16H22N2O2. The highest BCUT2D eigenvalue weighted by Gasteiger charge is 2.36. The molecule has 4 heteroatoms. The molecule has 1 heterocycles. The fourth-order valence-corrected chi connectivity index (χ4v) is 3.25. The third kappa shape index (κ3) is 2.87. The van der Waals surface area contributed by atoms with Crippen molar-refractivity contribution >= 4 is 5.97 Å². The molecule has 1 unspecified atom stereocenters. The summed E-state index contributed by atoms with van der Waals surface area (Å²) in [5.74, 6) is -0.0115. The average molecular weight is 274 g/mol. The molecule has 0 amide bonds. The maximum Gasteiger partial charge on any atom is 0.336 e. The summed E-state index contributed by atoms with van der Waals surface area (Å²) in [4.78, 5) is 12.2. The minimum Gasteiger partial charge on any atom is -0.463 e. The summed E-state index contributed by atoms with van der Waals surface area (Å²) < 4.78 is 5.15. The molecule has 0 radical (unpaired) electrons. The van der Waals surface area contributed by atoms with Crippen LogP contribution in [0.1, 0.15) is 46.0 Å². The van der Waals surface area contributed by atoms with Gasteiger partial charge in [0.2, 0.25) is 0 Å². The number of ether oxygens (including phenoxy) is 1. The number of rotatable bonds is 3. The summed E-state index contributed by atoms with van der Waals surface area (Å²) in [5, 5.41) is 12.5. The van der Waals surface area contributed by atoms with Crippen molar-refractivity contribution in [3.63, 3.8) is 0 Å². The summed E-state index contributed by atoms with van der Waals surface area (Å²) in [6.07, 6.45) is 7.52. The zero-order chi connectivity index (χ0) is 14.5. The molecule has 108 valence electrons. The first-order chi connectivity index (χ1) is 9.69. The molecule has 2 aliphatic rings. The summed E-state index contributed by atoms with van der Waals surface area (Å²) in [6, 6.07) is 2.30. The highest BCUT2D eigenvalue weighted by Crippen LogP contribution is 2.40. The number of hydrogen-bond acceptors (Lipinski definition) is 4. The summed E-state index contributed by atoms with van der Waals surface area (Å²) in [6.45, 7) is 4.06. The Balaban J connectivity index is 2.31. The standard InChI is InChI=1S/C16H22N2O2/c1-3-20-16(19)14-10-18-11(2)13(9-17)15(14)12-7-5-4-6-8-12/h10,12,15,18H,3-8H2,1-2H3. The minimum absolute atomic E-state index is 0.0967. The van der Waals surface area contributed by atoms with Gasteiger partial charge in [-0.1, -0.05) is 19.3 Å². The van der Waals surface area contributed by atoms with Gasteiger partial charge in [-0.15, -0.1) is 0 Å². The summed E-state index contributed by atoms with van der Waals surface area (Å²) >= 11 is 0. The fourth-order valence-electron chi connectivity index (χ4n) is 3.25.